The fourth-order valence-electron chi connectivity index (χ4n) is 2.40. The van der Waals surface area contributed by atoms with E-state index in [0.29, 0.717) is 6.07 Å². The quantitative estimate of drug-likeness (QED) is 0.387. The van der Waals surface area contributed by atoms with E-state index in [9.17, 15) is 30.7 Å². The minimum atomic E-state index is -5.04. The molecule has 0 saturated carbocycles. The summed E-state index contributed by atoms with van der Waals surface area (Å²) >= 11 is 0. The SMILES string of the molecule is Fc1ccc2cnc3cc(C(F)(F)F)cc(C(F)(F)F)c3c2c1. The van der Waals surface area contributed by atoms with Gasteiger partial charge >= 0.3 is 12.4 Å². The molecule has 0 bridgehead atoms. The number of pyridine rings is 1. The highest BCUT2D eigenvalue weighted by Crippen LogP contribution is 2.41. The molecule has 23 heavy (non-hydrogen) atoms. The third-order valence-corrected chi connectivity index (χ3v) is 3.38. The largest absolute Gasteiger partial charge is 0.417 e. The Morgan fingerprint density at radius 1 is 0.826 bits per heavy atom. The van der Waals surface area contributed by atoms with Crippen LogP contribution in [0.3, 0.4) is 0 Å². The third-order valence-electron chi connectivity index (χ3n) is 3.38. The highest BCUT2D eigenvalue weighted by molar-refractivity contribution is 6.07. The van der Waals surface area contributed by atoms with Crippen LogP contribution in [0.25, 0.3) is 21.7 Å². The molecule has 0 spiro atoms. The van der Waals surface area contributed by atoms with E-state index in [-0.39, 0.29) is 16.8 Å². The summed E-state index contributed by atoms with van der Waals surface area (Å²) in [5.41, 5.74) is -3.45. The monoisotopic (exact) mass is 333 g/mol. The van der Waals surface area contributed by atoms with Crippen LogP contribution in [0, 0.1) is 5.82 Å². The Labute approximate surface area is 124 Å². The van der Waals surface area contributed by atoms with Crippen molar-refractivity contribution in [2.45, 2.75) is 12.4 Å². The van der Waals surface area contributed by atoms with Crippen molar-refractivity contribution >= 4 is 21.7 Å². The molecule has 1 nitrogen and oxygen atoms in total. The van der Waals surface area contributed by atoms with Crippen molar-refractivity contribution in [2.24, 2.45) is 0 Å². The number of aromatic nitrogens is 1. The smallest absolute Gasteiger partial charge is 0.256 e. The van der Waals surface area contributed by atoms with Crippen LogP contribution in [0.5, 0.6) is 0 Å². The van der Waals surface area contributed by atoms with Gasteiger partial charge in [0.2, 0.25) is 0 Å². The van der Waals surface area contributed by atoms with E-state index in [1.54, 1.807) is 0 Å². The lowest BCUT2D eigenvalue weighted by Crippen LogP contribution is -2.12. The lowest BCUT2D eigenvalue weighted by atomic mass is 9.98. The summed E-state index contributed by atoms with van der Waals surface area (Å²) in [6.07, 6.45) is -8.88. The molecule has 0 N–H and O–H groups in total. The Bertz CT molecular complexity index is 909. The van der Waals surface area contributed by atoms with Gasteiger partial charge in [-0.05, 0) is 35.7 Å². The maximum absolute atomic E-state index is 13.4. The van der Waals surface area contributed by atoms with Gasteiger partial charge in [-0.2, -0.15) is 26.3 Å². The number of nitrogens with zero attached hydrogens (tertiary/aromatic N) is 1. The molecule has 1 aromatic heterocycles. The zero-order chi connectivity index (χ0) is 17.0. The van der Waals surface area contributed by atoms with Gasteiger partial charge in [0, 0.05) is 17.0 Å². The molecule has 0 fully saturated rings. The molecule has 2 aromatic carbocycles. The molecular weight excluding hydrogens is 327 g/mol. The molecule has 3 rings (SSSR count). The molecule has 0 amide bonds. The molecule has 0 saturated heterocycles. The predicted octanol–water partition coefficient (Wildman–Crippen LogP) is 5.56. The molecule has 0 unspecified atom stereocenters. The molecule has 0 radical (unpaired) electrons. The maximum atomic E-state index is 13.4. The number of halogens is 7. The average molecular weight is 333 g/mol. The minimum Gasteiger partial charge on any atom is -0.256 e. The van der Waals surface area contributed by atoms with Gasteiger partial charge in [-0.25, -0.2) is 4.39 Å². The second kappa shape index (κ2) is 4.81. The van der Waals surface area contributed by atoms with Gasteiger partial charge in [-0.15, -0.1) is 0 Å². The Morgan fingerprint density at radius 2 is 1.52 bits per heavy atom. The first-order valence-electron chi connectivity index (χ1n) is 6.24. The Balaban J connectivity index is 2.52. The van der Waals surface area contributed by atoms with E-state index in [4.69, 9.17) is 0 Å². The predicted molar refractivity (Wildman–Crippen MR) is 69.2 cm³/mol. The van der Waals surface area contributed by atoms with Gasteiger partial charge in [-0.3, -0.25) is 4.98 Å². The van der Waals surface area contributed by atoms with E-state index < -0.39 is 40.2 Å². The molecule has 8 heteroatoms. The fraction of sp³-hybridized carbons (Fsp3) is 0.133. The highest BCUT2D eigenvalue weighted by atomic mass is 19.4. The van der Waals surface area contributed by atoms with E-state index in [1.165, 1.54) is 6.07 Å². The number of fused-ring (bicyclic) bond motifs is 3. The van der Waals surface area contributed by atoms with Crippen LogP contribution in [0.4, 0.5) is 30.7 Å². The first-order chi connectivity index (χ1) is 10.6. The molecule has 0 aliphatic heterocycles. The van der Waals surface area contributed by atoms with Gasteiger partial charge in [0.05, 0.1) is 16.6 Å². The molecule has 120 valence electrons. The summed E-state index contributed by atoms with van der Waals surface area (Å²) in [4.78, 5) is 3.66. The van der Waals surface area contributed by atoms with Crippen molar-refractivity contribution in [1.82, 2.24) is 4.98 Å². The van der Waals surface area contributed by atoms with E-state index in [2.05, 4.69) is 4.98 Å². The standard InChI is InChI=1S/C15H6F7N/c16-9-2-1-7-6-23-12-4-8(14(17,18)19)3-11(15(20,21)22)13(12)10(7)5-9/h1-6H. The number of alkyl halides is 6. The van der Waals surface area contributed by atoms with Crippen LogP contribution in [0.15, 0.2) is 36.5 Å². The van der Waals surface area contributed by atoms with Crippen LogP contribution in [0.1, 0.15) is 11.1 Å². The summed E-state index contributed by atoms with van der Waals surface area (Å²) in [6, 6.07) is 3.65. The van der Waals surface area contributed by atoms with Crippen LogP contribution >= 0.6 is 0 Å². The van der Waals surface area contributed by atoms with Crippen LogP contribution in [-0.4, -0.2) is 4.98 Å². The Morgan fingerprint density at radius 3 is 2.13 bits per heavy atom. The van der Waals surface area contributed by atoms with Crippen LogP contribution < -0.4 is 0 Å². The summed E-state index contributed by atoms with van der Waals surface area (Å²) in [5.74, 6) is -0.793. The van der Waals surface area contributed by atoms with Crippen molar-refractivity contribution in [3.63, 3.8) is 0 Å². The minimum absolute atomic E-state index is 0.0222. The second-order valence-corrected chi connectivity index (χ2v) is 4.90. The zero-order valence-corrected chi connectivity index (χ0v) is 11.1. The van der Waals surface area contributed by atoms with E-state index >= 15 is 0 Å². The highest BCUT2D eigenvalue weighted by Gasteiger charge is 2.38. The van der Waals surface area contributed by atoms with Gasteiger partial charge < -0.3 is 0 Å². The van der Waals surface area contributed by atoms with Gasteiger partial charge in [0.25, 0.3) is 0 Å². The van der Waals surface area contributed by atoms with Crippen molar-refractivity contribution in [3.05, 3.63) is 53.5 Å². The van der Waals surface area contributed by atoms with Gasteiger partial charge in [0.1, 0.15) is 5.82 Å². The molecule has 0 aliphatic rings. The fourth-order valence-corrected chi connectivity index (χ4v) is 2.40. The average Bonchev–Trinajstić information content (AvgIpc) is 2.43. The van der Waals surface area contributed by atoms with Gasteiger partial charge in [-0.1, -0.05) is 0 Å². The number of hydrogen-bond acceptors (Lipinski definition) is 1. The Hall–Kier alpha value is -2.38. The van der Waals surface area contributed by atoms with E-state index in [0.717, 1.165) is 18.3 Å². The summed E-state index contributed by atoms with van der Waals surface area (Å²) < 4.78 is 91.5. The molecule has 0 aliphatic carbocycles. The maximum Gasteiger partial charge on any atom is 0.417 e. The lowest BCUT2D eigenvalue weighted by Gasteiger charge is -2.16. The van der Waals surface area contributed by atoms with Crippen molar-refractivity contribution < 1.29 is 30.7 Å². The third kappa shape index (κ3) is 2.69. The zero-order valence-electron chi connectivity index (χ0n) is 11.1. The van der Waals surface area contributed by atoms with Crippen LogP contribution in [0.2, 0.25) is 0 Å². The topological polar surface area (TPSA) is 12.9 Å². The lowest BCUT2D eigenvalue weighted by molar-refractivity contribution is -0.142. The summed E-state index contributed by atoms with van der Waals surface area (Å²) in [7, 11) is 0. The molecular formula is C15H6F7N. The summed E-state index contributed by atoms with van der Waals surface area (Å²) in [5, 5.41) is -0.497. The van der Waals surface area contributed by atoms with Crippen LogP contribution in [-0.2, 0) is 12.4 Å². The van der Waals surface area contributed by atoms with E-state index in [1.807, 2.05) is 0 Å². The molecule has 1 heterocycles. The van der Waals surface area contributed by atoms with Gasteiger partial charge in [0.15, 0.2) is 0 Å². The molecule has 3 aromatic rings. The number of hydrogen-bond donors (Lipinski definition) is 0. The number of benzene rings is 2. The second-order valence-electron chi connectivity index (χ2n) is 4.90. The Kier molecular flexibility index (Phi) is 3.24. The normalized spacial score (nSPS) is 13.0. The summed E-state index contributed by atoms with van der Waals surface area (Å²) in [6.45, 7) is 0. The molecule has 0 atom stereocenters. The van der Waals surface area contributed by atoms with Crippen molar-refractivity contribution in [2.75, 3.05) is 0 Å². The van der Waals surface area contributed by atoms with Crippen molar-refractivity contribution in [1.29, 1.82) is 0 Å². The number of rotatable bonds is 0. The first-order valence-corrected chi connectivity index (χ1v) is 6.24. The first kappa shape index (κ1) is 15.5. The van der Waals surface area contributed by atoms with Crippen molar-refractivity contribution in [3.8, 4) is 0 Å².